The van der Waals surface area contributed by atoms with E-state index in [0.29, 0.717) is 25.1 Å². The van der Waals surface area contributed by atoms with Crippen molar-refractivity contribution < 1.29 is 17.2 Å². The largest absolute Gasteiger partial charge is 0.319 e. The topological polar surface area (TPSA) is 49.4 Å². The Morgan fingerprint density at radius 2 is 1.95 bits per heavy atom. The van der Waals surface area contributed by atoms with Gasteiger partial charge in [-0.3, -0.25) is 0 Å². The van der Waals surface area contributed by atoms with Crippen molar-refractivity contribution in [2.75, 3.05) is 26.7 Å². The van der Waals surface area contributed by atoms with Crippen LogP contribution in [0.3, 0.4) is 0 Å². The molecule has 0 aliphatic carbocycles. The molecule has 118 valence electrons. The average Bonchev–Trinajstić information content (AvgIpc) is 2.38. The third-order valence-corrected chi connectivity index (χ3v) is 6.49. The minimum absolute atomic E-state index is 0.0858. The Bertz CT molecular complexity index is 594. The lowest BCUT2D eigenvalue weighted by molar-refractivity contribution is 0.270. The number of halogens is 3. The molecule has 0 unspecified atom stereocenters. The fourth-order valence-corrected chi connectivity index (χ4v) is 5.13. The van der Waals surface area contributed by atoms with Gasteiger partial charge in [-0.1, -0.05) is 0 Å². The van der Waals surface area contributed by atoms with Crippen LogP contribution < -0.4 is 5.32 Å². The van der Waals surface area contributed by atoms with Crippen molar-refractivity contribution in [1.29, 1.82) is 0 Å². The average molecular weight is 383 g/mol. The predicted molar refractivity (Wildman–Crippen MR) is 79.5 cm³/mol. The molecule has 8 heteroatoms. The Morgan fingerprint density at radius 1 is 1.33 bits per heavy atom. The third-order valence-electron chi connectivity index (χ3n) is 3.63. The molecule has 1 N–H and O–H groups in total. The molecule has 1 heterocycles. The normalized spacial score (nSPS) is 18.1. The molecular formula is C13H17BrF2N2O2S. The van der Waals surface area contributed by atoms with E-state index < -0.39 is 26.6 Å². The van der Waals surface area contributed by atoms with Crippen LogP contribution in [0.2, 0.25) is 0 Å². The molecular weight excluding hydrogens is 366 g/mol. The number of rotatable bonds is 4. The van der Waals surface area contributed by atoms with Crippen molar-refractivity contribution in [3.8, 4) is 0 Å². The van der Waals surface area contributed by atoms with E-state index in [1.54, 1.807) is 0 Å². The molecule has 0 spiro atoms. The molecule has 4 nitrogen and oxygen atoms in total. The van der Waals surface area contributed by atoms with Gasteiger partial charge in [0.05, 0.1) is 0 Å². The molecule has 1 aliphatic rings. The van der Waals surface area contributed by atoms with Crippen molar-refractivity contribution in [1.82, 2.24) is 9.62 Å². The van der Waals surface area contributed by atoms with Gasteiger partial charge in [0.25, 0.3) is 0 Å². The van der Waals surface area contributed by atoms with Gasteiger partial charge in [0.15, 0.2) is 0 Å². The minimum Gasteiger partial charge on any atom is -0.319 e. The Hall–Kier alpha value is -0.570. The van der Waals surface area contributed by atoms with Crippen LogP contribution in [0.25, 0.3) is 0 Å². The first-order valence-electron chi connectivity index (χ1n) is 6.65. The molecule has 0 bridgehead atoms. The number of nitrogens with zero attached hydrogens (tertiary/aromatic N) is 1. The molecule has 0 saturated carbocycles. The first kappa shape index (κ1) is 16.8. The molecule has 0 radical (unpaired) electrons. The van der Waals surface area contributed by atoms with E-state index in [-0.39, 0.29) is 4.47 Å². The van der Waals surface area contributed by atoms with Gasteiger partial charge in [-0.2, -0.15) is 4.31 Å². The Labute approximate surface area is 131 Å². The number of benzene rings is 1. The molecule has 1 aliphatic heterocycles. The summed E-state index contributed by atoms with van der Waals surface area (Å²) in [6.07, 6.45) is 1.45. The van der Waals surface area contributed by atoms with E-state index in [0.717, 1.165) is 25.5 Å². The zero-order valence-electron chi connectivity index (χ0n) is 11.6. The monoisotopic (exact) mass is 382 g/mol. The summed E-state index contributed by atoms with van der Waals surface area (Å²) >= 11 is 2.94. The summed E-state index contributed by atoms with van der Waals surface area (Å²) in [5.74, 6) is -1.46. The standard InChI is InChI=1S/C13H17BrF2N2O2S/c1-17-8-9-2-4-18(5-3-9)21(19,20)13-11(14)6-10(15)7-12(13)16/h6-7,9,17H,2-5,8H2,1H3. The maximum absolute atomic E-state index is 13.9. The highest BCUT2D eigenvalue weighted by Gasteiger charge is 2.33. The number of nitrogens with one attached hydrogen (secondary N) is 1. The first-order chi connectivity index (χ1) is 9.86. The van der Waals surface area contributed by atoms with Crippen molar-refractivity contribution in [2.45, 2.75) is 17.7 Å². The SMILES string of the molecule is CNCC1CCN(S(=O)(=O)c2c(F)cc(F)cc2Br)CC1. The lowest BCUT2D eigenvalue weighted by Crippen LogP contribution is -2.40. The predicted octanol–water partition coefficient (Wildman–Crippen LogP) is 2.35. The second-order valence-electron chi connectivity index (χ2n) is 5.10. The van der Waals surface area contributed by atoms with Crippen LogP contribution in [0, 0.1) is 17.6 Å². The van der Waals surface area contributed by atoms with Crippen LogP contribution in [-0.2, 0) is 10.0 Å². The maximum Gasteiger partial charge on any atom is 0.247 e. The van der Waals surface area contributed by atoms with Crippen molar-refractivity contribution >= 4 is 26.0 Å². The zero-order chi connectivity index (χ0) is 15.6. The number of hydrogen-bond acceptors (Lipinski definition) is 3. The quantitative estimate of drug-likeness (QED) is 0.869. The Morgan fingerprint density at radius 3 is 2.48 bits per heavy atom. The van der Waals surface area contributed by atoms with Crippen LogP contribution in [-0.4, -0.2) is 39.4 Å². The second-order valence-corrected chi connectivity index (χ2v) is 7.83. The number of hydrogen-bond donors (Lipinski definition) is 1. The van der Waals surface area contributed by atoms with Gasteiger partial charge in [-0.05, 0) is 54.3 Å². The summed E-state index contributed by atoms with van der Waals surface area (Å²) < 4.78 is 53.2. The lowest BCUT2D eigenvalue weighted by atomic mass is 9.98. The third kappa shape index (κ3) is 3.61. The van der Waals surface area contributed by atoms with Crippen molar-refractivity contribution in [2.24, 2.45) is 5.92 Å². The summed E-state index contributed by atoms with van der Waals surface area (Å²) in [4.78, 5) is -0.490. The second kappa shape index (κ2) is 6.68. The van der Waals surface area contributed by atoms with Crippen LogP contribution in [0.5, 0.6) is 0 Å². The zero-order valence-corrected chi connectivity index (χ0v) is 14.0. The Kier molecular flexibility index (Phi) is 5.34. The molecule has 1 fully saturated rings. The molecule has 0 amide bonds. The van der Waals surface area contributed by atoms with Crippen molar-refractivity contribution in [3.05, 3.63) is 28.2 Å². The van der Waals surface area contributed by atoms with E-state index in [9.17, 15) is 17.2 Å². The number of sulfonamides is 1. The fourth-order valence-electron chi connectivity index (χ4n) is 2.55. The van der Waals surface area contributed by atoms with Gasteiger partial charge in [-0.25, -0.2) is 17.2 Å². The van der Waals surface area contributed by atoms with Gasteiger partial charge < -0.3 is 5.32 Å². The molecule has 0 atom stereocenters. The van der Waals surface area contributed by atoms with E-state index in [2.05, 4.69) is 21.2 Å². The Balaban J connectivity index is 2.24. The van der Waals surface area contributed by atoms with Gasteiger partial charge in [-0.15, -0.1) is 0 Å². The van der Waals surface area contributed by atoms with Gasteiger partial charge in [0.1, 0.15) is 16.5 Å². The van der Waals surface area contributed by atoms with Crippen molar-refractivity contribution in [3.63, 3.8) is 0 Å². The molecule has 1 saturated heterocycles. The smallest absolute Gasteiger partial charge is 0.247 e. The maximum atomic E-state index is 13.9. The van der Waals surface area contributed by atoms with Crippen LogP contribution in [0.1, 0.15) is 12.8 Å². The van der Waals surface area contributed by atoms with Crippen LogP contribution in [0.15, 0.2) is 21.5 Å². The molecule has 21 heavy (non-hydrogen) atoms. The van der Waals surface area contributed by atoms with E-state index >= 15 is 0 Å². The van der Waals surface area contributed by atoms with Gasteiger partial charge in [0, 0.05) is 23.6 Å². The molecule has 1 aromatic rings. The molecule has 1 aromatic carbocycles. The highest BCUT2D eigenvalue weighted by Crippen LogP contribution is 2.31. The summed E-state index contributed by atoms with van der Waals surface area (Å²) in [5, 5.41) is 3.07. The summed E-state index contributed by atoms with van der Waals surface area (Å²) in [6.45, 7) is 1.53. The van der Waals surface area contributed by atoms with Crippen LogP contribution >= 0.6 is 15.9 Å². The first-order valence-corrected chi connectivity index (χ1v) is 8.89. The molecule has 0 aromatic heterocycles. The summed E-state index contributed by atoms with van der Waals surface area (Å²) in [6, 6.07) is 1.55. The fraction of sp³-hybridized carbons (Fsp3) is 0.538. The van der Waals surface area contributed by atoms with Gasteiger partial charge in [0.2, 0.25) is 10.0 Å². The van der Waals surface area contributed by atoms with E-state index in [4.69, 9.17) is 0 Å². The van der Waals surface area contributed by atoms with E-state index in [1.807, 2.05) is 7.05 Å². The highest BCUT2D eigenvalue weighted by atomic mass is 79.9. The molecule has 2 rings (SSSR count). The summed E-state index contributed by atoms with van der Waals surface area (Å²) in [7, 11) is -2.10. The van der Waals surface area contributed by atoms with Gasteiger partial charge >= 0.3 is 0 Å². The minimum atomic E-state index is -3.95. The van der Waals surface area contributed by atoms with Crippen LogP contribution in [0.4, 0.5) is 8.78 Å². The number of piperidine rings is 1. The summed E-state index contributed by atoms with van der Waals surface area (Å²) in [5.41, 5.74) is 0. The van der Waals surface area contributed by atoms with E-state index in [1.165, 1.54) is 4.31 Å². The lowest BCUT2D eigenvalue weighted by Gasteiger charge is -2.31. The highest BCUT2D eigenvalue weighted by molar-refractivity contribution is 9.10.